The van der Waals surface area contributed by atoms with Gasteiger partial charge in [0.1, 0.15) is 17.2 Å². The van der Waals surface area contributed by atoms with Crippen LogP contribution in [0, 0.1) is 0 Å². The number of halogens is 1. The first-order chi connectivity index (χ1) is 14.4. The zero-order chi connectivity index (χ0) is 22.3. The van der Waals surface area contributed by atoms with Gasteiger partial charge in [-0.15, -0.1) is 0 Å². The van der Waals surface area contributed by atoms with Gasteiger partial charge in [-0.2, -0.15) is 10.2 Å². The molecule has 0 spiro atoms. The number of carbonyl (C=O) groups excluding carboxylic acids is 2. The van der Waals surface area contributed by atoms with Crippen molar-refractivity contribution in [3.8, 4) is 23.0 Å². The zero-order valence-electron chi connectivity index (χ0n) is 17.2. The van der Waals surface area contributed by atoms with Crippen molar-refractivity contribution >= 4 is 34.7 Å². The van der Waals surface area contributed by atoms with Crippen LogP contribution < -0.4 is 24.3 Å². The molecule has 0 saturated carbocycles. The third-order valence-electron chi connectivity index (χ3n) is 4.03. The number of nitrogens with zero attached hydrogens (tertiary/aromatic N) is 2. The lowest BCUT2D eigenvalue weighted by atomic mass is 10.2. The van der Waals surface area contributed by atoms with Gasteiger partial charge in [-0.3, -0.25) is 9.59 Å². The Morgan fingerprint density at radius 2 is 1.63 bits per heavy atom. The number of ether oxygens (including phenoxy) is 4. The smallest absolute Gasteiger partial charge is 0.258 e. The lowest BCUT2D eigenvalue weighted by Gasteiger charge is -2.15. The Morgan fingerprint density at radius 1 is 0.967 bits per heavy atom. The monoisotopic (exact) mass is 435 g/mol. The Bertz CT molecular complexity index is 964. The summed E-state index contributed by atoms with van der Waals surface area (Å²) in [5, 5.41) is 10.8. The van der Waals surface area contributed by atoms with Gasteiger partial charge < -0.3 is 24.3 Å². The highest BCUT2D eigenvalue weighted by atomic mass is 35.5. The van der Waals surface area contributed by atoms with E-state index in [4.69, 9.17) is 30.5 Å². The van der Waals surface area contributed by atoms with Gasteiger partial charge in [0, 0.05) is 12.1 Å². The molecule has 0 aliphatic heterocycles. The van der Waals surface area contributed by atoms with Gasteiger partial charge in [-0.25, -0.2) is 0 Å². The number of amides is 1. The lowest BCUT2D eigenvalue weighted by Crippen LogP contribution is -2.32. The first-order valence-corrected chi connectivity index (χ1v) is 9.08. The molecule has 0 saturated heterocycles. The summed E-state index contributed by atoms with van der Waals surface area (Å²) < 4.78 is 20.9. The van der Waals surface area contributed by atoms with Crippen molar-refractivity contribution < 1.29 is 28.5 Å². The van der Waals surface area contributed by atoms with E-state index in [0.29, 0.717) is 33.7 Å². The average molecular weight is 436 g/mol. The van der Waals surface area contributed by atoms with Crippen molar-refractivity contribution in [2.45, 2.75) is 13.0 Å². The van der Waals surface area contributed by atoms with Crippen LogP contribution in [0.25, 0.3) is 0 Å². The summed E-state index contributed by atoms with van der Waals surface area (Å²) in [6.45, 7) is 1.24. The third kappa shape index (κ3) is 5.18. The number of para-hydroxylation sites is 1. The molecule has 160 valence electrons. The molecule has 30 heavy (non-hydrogen) atoms. The van der Waals surface area contributed by atoms with E-state index in [0.717, 1.165) is 0 Å². The highest BCUT2D eigenvalue weighted by Crippen LogP contribution is 2.38. The molecule has 0 bridgehead atoms. The van der Waals surface area contributed by atoms with Crippen LogP contribution in [-0.4, -0.2) is 46.2 Å². The molecule has 1 atom stereocenters. The standard InChI is InChI=1S/C20H22ClN3O6/c1-11(25)18(24-23-13-7-6-8-15(27-2)19(13)30-5)20(26)22-14-10-16(28-3)12(21)9-17(14)29-4/h6-10,18H,1-5H3,(H,22,26). The summed E-state index contributed by atoms with van der Waals surface area (Å²) >= 11 is 6.07. The van der Waals surface area contributed by atoms with E-state index in [9.17, 15) is 9.59 Å². The van der Waals surface area contributed by atoms with Crippen LogP contribution in [-0.2, 0) is 9.59 Å². The number of carbonyl (C=O) groups is 2. The molecule has 0 aliphatic rings. The number of anilines is 1. The van der Waals surface area contributed by atoms with Gasteiger partial charge in [-0.05, 0) is 19.1 Å². The number of Topliss-reactive ketones (excluding diaryl/α,β-unsaturated/α-hetero) is 1. The molecule has 0 heterocycles. The van der Waals surface area contributed by atoms with Crippen molar-refractivity contribution in [2.75, 3.05) is 33.8 Å². The summed E-state index contributed by atoms with van der Waals surface area (Å²) in [5.41, 5.74) is 0.575. The maximum Gasteiger partial charge on any atom is 0.258 e. The number of nitrogens with one attached hydrogen (secondary N) is 1. The van der Waals surface area contributed by atoms with E-state index in [1.807, 2.05) is 0 Å². The Hall–Kier alpha value is -3.33. The number of azo groups is 1. The minimum absolute atomic E-state index is 0.268. The molecule has 2 rings (SSSR count). The molecule has 10 heteroatoms. The van der Waals surface area contributed by atoms with E-state index in [-0.39, 0.29) is 5.69 Å². The molecular weight excluding hydrogens is 414 g/mol. The van der Waals surface area contributed by atoms with Gasteiger partial charge in [-0.1, -0.05) is 17.7 Å². The Balaban J connectivity index is 2.33. The van der Waals surface area contributed by atoms with Crippen molar-refractivity contribution in [1.82, 2.24) is 0 Å². The predicted molar refractivity (Wildman–Crippen MR) is 112 cm³/mol. The third-order valence-corrected chi connectivity index (χ3v) is 4.32. The highest BCUT2D eigenvalue weighted by Gasteiger charge is 2.25. The van der Waals surface area contributed by atoms with Crippen LogP contribution >= 0.6 is 11.6 Å². The van der Waals surface area contributed by atoms with Crippen LogP contribution in [0.3, 0.4) is 0 Å². The molecule has 0 aliphatic carbocycles. The van der Waals surface area contributed by atoms with Gasteiger partial charge in [0.25, 0.3) is 5.91 Å². The lowest BCUT2D eigenvalue weighted by molar-refractivity contribution is -0.126. The highest BCUT2D eigenvalue weighted by molar-refractivity contribution is 6.32. The van der Waals surface area contributed by atoms with Crippen molar-refractivity contribution in [2.24, 2.45) is 10.2 Å². The summed E-state index contributed by atoms with van der Waals surface area (Å²) in [4.78, 5) is 24.8. The number of benzene rings is 2. The minimum Gasteiger partial charge on any atom is -0.495 e. The molecule has 2 aromatic rings. The van der Waals surface area contributed by atoms with Crippen LogP contribution in [0.4, 0.5) is 11.4 Å². The number of hydrogen-bond donors (Lipinski definition) is 1. The second-order valence-corrected chi connectivity index (χ2v) is 6.32. The normalized spacial score (nSPS) is 11.7. The molecule has 1 unspecified atom stereocenters. The van der Waals surface area contributed by atoms with Gasteiger partial charge >= 0.3 is 0 Å². The van der Waals surface area contributed by atoms with E-state index >= 15 is 0 Å². The molecule has 0 aromatic heterocycles. The molecule has 1 N–H and O–H groups in total. The first-order valence-electron chi connectivity index (χ1n) is 8.70. The number of rotatable bonds is 9. The zero-order valence-corrected chi connectivity index (χ0v) is 17.9. The summed E-state index contributed by atoms with van der Waals surface area (Å²) in [6, 6.07) is 6.57. The quantitative estimate of drug-likeness (QED) is 0.470. The maximum absolute atomic E-state index is 12.7. The molecular formula is C20H22ClN3O6. The number of ketones is 1. The van der Waals surface area contributed by atoms with Crippen LogP contribution in [0.1, 0.15) is 6.92 Å². The maximum atomic E-state index is 12.7. The minimum atomic E-state index is -1.40. The fraction of sp³-hybridized carbons (Fsp3) is 0.300. The van der Waals surface area contributed by atoms with E-state index in [1.165, 1.54) is 47.5 Å². The molecule has 0 fully saturated rings. The SMILES string of the molecule is COc1cc(NC(=O)C(N=Nc2cccc(OC)c2OC)C(C)=O)c(OC)cc1Cl. The Kier molecular flexibility index (Phi) is 7.99. The van der Waals surface area contributed by atoms with E-state index in [1.54, 1.807) is 18.2 Å². The summed E-state index contributed by atoms with van der Waals surface area (Å²) in [7, 11) is 5.79. The number of methoxy groups -OCH3 is 4. The fourth-order valence-corrected chi connectivity index (χ4v) is 2.78. The van der Waals surface area contributed by atoms with E-state index in [2.05, 4.69) is 15.5 Å². The largest absolute Gasteiger partial charge is 0.495 e. The van der Waals surface area contributed by atoms with Crippen molar-refractivity contribution in [1.29, 1.82) is 0 Å². The molecule has 2 aromatic carbocycles. The Morgan fingerprint density at radius 3 is 2.20 bits per heavy atom. The Labute approximate surface area is 178 Å². The summed E-state index contributed by atoms with van der Waals surface area (Å²) in [5.74, 6) is 0.192. The van der Waals surface area contributed by atoms with E-state index < -0.39 is 17.7 Å². The molecule has 0 radical (unpaired) electrons. The first kappa shape index (κ1) is 23.0. The van der Waals surface area contributed by atoms with Gasteiger partial charge in [0.2, 0.25) is 6.04 Å². The second-order valence-electron chi connectivity index (χ2n) is 5.92. The van der Waals surface area contributed by atoms with Gasteiger partial charge in [0.05, 0.1) is 39.1 Å². The second kappa shape index (κ2) is 10.4. The number of hydrogen-bond acceptors (Lipinski definition) is 8. The van der Waals surface area contributed by atoms with Crippen LogP contribution in [0.2, 0.25) is 5.02 Å². The van der Waals surface area contributed by atoms with Crippen molar-refractivity contribution in [3.63, 3.8) is 0 Å². The summed E-state index contributed by atoms with van der Waals surface area (Å²) in [6.07, 6.45) is 0. The molecule has 9 nitrogen and oxygen atoms in total. The predicted octanol–water partition coefficient (Wildman–Crippen LogP) is 4.05. The molecule has 1 amide bonds. The average Bonchev–Trinajstić information content (AvgIpc) is 2.74. The van der Waals surface area contributed by atoms with Crippen LogP contribution in [0.5, 0.6) is 23.0 Å². The fourth-order valence-electron chi connectivity index (χ4n) is 2.55. The topological polar surface area (TPSA) is 108 Å². The van der Waals surface area contributed by atoms with Gasteiger partial charge in [0.15, 0.2) is 17.3 Å². The van der Waals surface area contributed by atoms with Crippen LogP contribution in [0.15, 0.2) is 40.6 Å². The van der Waals surface area contributed by atoms with Crippen molar-refractivity contribution in [3.05, 3.63) is 35.4 Å².